The van der Waals surface area contributed by atoms with E-state index in [0.29, 0.717) is 31.0 Å². The summed E-state index contributed by atoms with van der Waals surface area (Å²) in [6.45, 7) is 4.06. The van der Waals surface area contributed by atoms with Gasteiger partial charge >= 0.3 is 0 Å². The predicted octanol–water partition coefficient (Wildman–Crippen LogP) is 5.07. The van der Waals surface area contributed by atoms with Gasteiger partial charge in [-0.2, -0.15) is 4.31 Å². The van der Waals surface area contributed by atoms with Gasteiger partial charge in [0.2, 0.25) is 10.0 Å². The third kappa shape index (κ3) is 7.18. The number of benzene rings is 1. The number of hydrogen-bond donors (Lipinski definition) is 1. The molecule has 43 heavy (non-hydrogen) atoms. The minimum atomic E-state index is -3.64. The molecule has 6 rings (SSSR count). The maximum atomic E-state index is 13.7. The number of rotatable bonds is 12. The number of sulfonamides is 1. The standard InChI is InChI=1S/C34H40N6O2S/c41-43(42,40-22-16-28-11-7-19-37-32(28)26-40)31-14-5-9-27(23-31)25-39(33-15-6-10-29-12-8-20-38-34(29)33)21-4-3-17-35-24-30-13-1-2-18-36-30/h1-2,5,7-9,11-14,18-20,23,33,35H,3-4,6,10,15-17,21-22,24-26H2. The Balaban J connectivity index is 1.15. The molecule has 9 heteroatoms. The van der Waals surface area contributed by atoms with Gasteiger partial charge in [0.15, 0.2) is 0 Å². The molecule has 0 saturated heterocycles. The van der Waals surface area contributed by atoms with Crippen LogP contribution in [0.25, 0.3) is 0 Å². The molecular formula is C34H40N6O2S. The number of unbranched alkanes of at least 4 members (excludes halogenated alkanes) is 1. The Morgan fingerprint density at radius 2 is 1.74 bits per heavy atom. The zero-order chi connectivity index (χ0) is 29.5. The number of aryl methyl sites for hydroxylation is 1. The van der Waals surface area contributed by atoms with E-state index in [1.165, 1.54) is 11.3 Å². The second kappa shape index (κ2) is 13.9. The summed E-state index contributed by atoms with van der Waals surface area (Å²) in [4.78, 5) is 16.5. The highest BCUT2D eigenvalue weighted by atomic mass is 32.2. The number of aromatic nitrogens is 3. The normalized spacial score (nSPS) is 17.0. The smallest absolute Gasteiger partial charge is 0.243 e. The second-order valence-corrected chi connectivity index (χ2v) is 13.4. The molecular weight excluding hydrogens is 556 g/mol. The summed E-state index contributed by atoms with van der Waals surface area (Å²) < 4.78 is 29.0. The van der Waals surface area contributed by atoms with Gasteiger partial charge in [-0.15, -0.1) is 0 Å². The van der Waals surface area contributed by atoms with Gasteiger partial charge in [0.1, 0.15) is 0 Å². The number of nitrogens with zero attached hydrogens (tertiary/aromatic N) is 5. The molecule has 224 valence electrons. The van der Waals surface area contributed by atoms with Crippen molar-refractivity contribution < 1.29 is 8.42 Å². The van der Waals surface area contributed by atoms with Gasteiger partial charge < -0.3 is 5.32 Å². The van der Waals surface area contributed by atoms with Crippen LogP contribution in [0.4, 0.5) is 0 Å². The summed E-state index contributed by atoms with van der Waals surface area (Å²) in [5.74, 6) is 0. The van der Waals surface area contributed by atoms with E-state index in [0.717, 1.165) is 74.3 Å². The van der Waals surface area contributed by atoms with Crippen molar-refractivity contribution in [3.63, 3.8) is 0 Å². The van der Waals surface area contributed by atoms with Crippen molar-refractivity contribution >= 4 is 10.0 Å². The molecule has 2 aliphatic rings. The van der Waals surface area contributed by atoms with Crippen molar-refractivity contribution in [3.8, 4) is 0 Å². The average Bonchev–Trinajstić information content (AvgIpc) is 3.06. The zero-order valence-corrected chi connectivity index (χ0v) is 25.4. The molecule has 4 aromatic rings. The lowest BCUT2D eigenvalue weighted by Gasteiger charge is -2.35. The van der Waals surface area contributed by atoms with Gasteiger partial charge in [-0.3, -0.25) is 19.9 Å². The van der Waals surface area contributed by atoms with E-state index >= 15 is 0 Å². The topological polar surface area (TPSA) is 91.3 Å². The largest absolute Gasteiger partial charge is 0.311 e. The highest BCUT2D eigenvalue weighted by Gasteiger charge is 2.30. The van der Waals surface area contributed by atoms with E-state index in [1.807, 2.05) is 60.9 Å². The molecule has 1 aliphatic carbocycles. The highest BCUT2D eigenvalue weighted by Crippen LogP contribution is 2.34. The van der Waals surface area contributed by atoms with E-state index in [2.05, 4.69) is 32.3 Å². The third-order valence-electron chi connectivity index (χ3n) is 8.55. The van der Waals surface area contributed by atoms with Crippen LogP contribution in [0.15, 0.2) is 90.2 Å². The summed E-state index contributed by atoms with van der Waals surface area (Å²) in [7, 11) is -3.64. The van der Waals surface area contributed by atoms with Crippen LogP contribution < -0.4 is 5.32 Å². The lowest BCUT2D eigenvalue weighted by molar-refractivity contribution is 0.162. The van der Waals surface area contributed by atoms with Crippen LogP contribution in [0.3, 0.4) is 0 Å². The van der Waals surface area contributed by atoms with Crippen molar-refractivity contribution in [2.24, 2.45) is 0 Å². The van der Waals surface area contributed by atoms with Crippen LogP contribution >= 0.6 is 0 Å². The summed E-state index contributed by atoms with van der Waals surface area (Å²) in [6.07, 6.45) is 11.5. The minimum absolute atomic E-state index is 0.219. The van der Waals surface area contributed by atoms with Crippen molar-refractivity contribution in [1.82, 2.24) is 29.5 Å². The number of hydrogen-bond acceptors (Lipinski definition) is 7. The maximum Gasteiger partial charge on any atom is 0.243 e. The highest BCUT2D eigenvalue weighted by molar-refractivity contribution is 7.89. The Morgan fingerprint density at radius 3 is 2.63 bits per heavy atom. The van der Waals surface area contributed by atoms with E-state index in [1.54, 1.807) is 16.6 Å². The van der Waals surface area contributed by atoms with E-state index in [9.17, 15) is 8.42 Å². The fourth-order valence-corrected chi connectivity index (χ4v) is 7.77. The number of nitrogens with one attached hydrogen (secondary N) is 1. The first-order valence-corrected chi connectivity index (χ1v) is 16.8. The fourth-order valence-electron chi connectivity index (χ4n) is 6.30. The SMILES string of the molecule is O=S(=O)(c1cccc(CN(CCCCNCc2ccccn2)C2CCCc3cccnc32)c1)N1CCc2cccnc2C1. The molecule has 0 bridgehead atoms. The molecule has 1 aromatic carbocycles. The molecule has 1 N–H and O–H groups in total. The van der Waals surface area contributed by atoms with Crippen LogP contribution in [-0.2, 0) is 42.5 Å². The molecule has 1 unspecified atom stereocenters. The van der Waals surface area contributed by atoms with Gasteiger partial charge in [-0.25, -0.2) is 8.42 Å². The Labute approximate surface area is 255 Å². The molecule has 4 heterocycles. The lowest BCUT2D eigenvalue weighted by Crippen LogP contribution is -2.36. The van der Waals surface area contributed by atoms with Gasteiger partial charge in [0.05, 0.1) is 34.6 Å². The summed E-state index contributed by atoms with van der Waals surface area (Å²) in [5, 5.41) is 3.51. The molecule has 0 spiro atoms. The van der Waals surface area contributed by atoms with Crippen LogP contribution in [-0.4, -0.2) is 52.2 Å². The van der Waals surface area contributed by atoms with Crippen LogP contribution in [0, 0.1) is 0 Å². The minimum Gasteiger partial charge on any atom is -0.311 e. The first kappa shape index (κ1) is 29.6. The van der Waals surface area contributed by atoms with E-state index in [-0.39, 0.29) is 6.04 Å². The van der Waals surface area contributed by atoms with Gasteiger partial charge in [-0.1, -0.05) is 30.3 Å². The maximum absolute atomic E-state index is 13.7. The van der Waals surface area contributed by atoms with Crippen LogP contribution in [0.2, 0.25) is 0 Å². The first-order chi connectivity index (χ1) is 21.1. The summed E-state index contributed by atoms with van der Waals surface area (Å²) in [6, 6.07) is 21.9. The van der Waals surface area contributed by atoms with Crippen molar-refractivity contribution in [1.29, 1.82) is 0 Å². The summed E-state index contributed by atoms with van der Waals surface area (Å²) >= 11 is 0. The van der Waals surface area contributed by atoms with Crippen molar-refractivity contribution in [2.75, 3.05) is 19.6 Å². The molecule has 1 atom stereocenters. The van der Waals surface area contributed by atoms with E-state index < -0.39 is 10.0 Å². The second-order valence-electron chi connectivity index (χ2n) is 11.5. The molecule has 0 amide bonds. The molecule has 0 fully saturated rings. The summed E-state index contributed by atoms with van der Waals surface area (Å²) in [5.41, 5.74) is 6.53. The number of fused-ring (bicyclic) bond motifs is 2. The van der Waals surface area contributed by atoms with Gasteiger partial charge in [-0.05, 0) is 105 Å². The lowest BCUT2D eigenvalue weighted by atomic mass is 9.90. The molecule has 8 nitrogen and oxygen atoms in total. The Kier molecular flexibility index (Phi) is 9.53. The number of pyridine rings is 3. The zero-order valence-electron chi connectivity index (χ0n) is 24.6. The molecule has 1 aliphatic heterocycles. The van der Waals surface area contributed by atoms with Crippen LogP contribution in [0.5, 0.6) is 0 Å². The average molecular weight is 597 g/mol. The monoisotopic (exact) mass is 596 g/mol. The quantitative estimate of drug-likeness (QED) is 0.229. The van der Waals surface area contributed by atoms with Crippen molar-refractivity contribution in [3.05, 3.63) is 119 Å². The Hall–Kier alpha value is -3.50. The molecule has 0 saturated carbocycles. The predicted molar refractivity (Wildman–Crippen MR) is 167 cm³/mol. The molecule has 3 aromatic heterocycles. The van der Waals surface area contributed by atoms with Crippen LogP contribution in [0.1, 0.15) is 65.5 Å². The fraction of sp³-hybridized carbons (Fsp3) is 0.382. The van der Waals surface area contributed by atoms with Crippen molar-refractivity contribution in [2.45, 2.75) is 69.1 Å². The van der Waals surface area contributed by atoms with E-state index in [4.69, 9.17) is 4.98 Å². The first-order valence-electron chi connectivity index (χ1n) is 15.4. The van der Waals surface area contributed by atoms with Gasteiger partial charge in [0, 0.05) is 38.2 Å². The Morgan fingerprint density at radius 1 is 0.884 bits per heavy atom. The Bertz CT molecular complexity index is 1610. The molecule has 0 radical (unpaired) electrons. The third-order valence-corrected chi connectivity index (χ3v) is 10.4. The van der Waals surface area contributed by atoms with Gasteiger partial charge in [0.25, 0.3) is 0 Å².